The summed E-state index contributed by atoms with van der Waals surface area (Å²) in [6.45, 7) is 10.5. The molecule has 1 radical (unpaired) electrons. The monoisotopic (exact) mass is 171 g/mol. The minimum absolute atomic E-state index is 0.0989. The van der Waals surface area contributed by atoms with Crippen LogP contribution in [0.5, 0.6) is 0 Å². The van der Waals surface area contributed by atoms with Crippen LogP contribution in [0, 0.1) is 11.3 Å². The summed E-state index contributed by atoms with van der Waals surface area (Å²) in [7, 11) is 0. The van der Waals surface area contributed by atoms with Crippen LogP contribution in [0.3, 0.4) is 0 Å². The largest absolute Gasteiger partial charge is 0.457 e. The molecule has 0 heterocycles. The van der Waals surface area contributed by atoms with Crippen molar-refractivity contribution in [1.29, 1.82) is 0 Å². The second kappa shape index (κ2) is 5.18. The zero-order valence-electron chi connectivity index (χ0n) is 8.52. The van der Waals surface area contributed by atoms with Gasteiger partial charge < -0.3 is 4.74 Å². The minimum Gasteiger partial charge on any atom is -0.457 e. The highest BCUT2D eigenvalue weighted by Crippen LogP contribution is 2.24. The van der Waals surface area contributed by atoms with Gasteiger partial charge in [0.2, 0.25) is 0 Å². The molecular formula is C10H19O2. The lowest BCUT2D eigenvalue weighted by Gasteiger charge is -2.23. The molecule has 0 aliphatic rings. The summed E-state index contributed by atoms with van der Waals surface area (Å²) in [5.41, 5.74) is 0.0989. The van der Waals surface area contributed by atoms with E-state index in [1.807, 2.05) is 0 Å². The third kappa shape index (κ3) is 6.20. The summed E-state index contributed by atoms with van der Waals surface area (Å²) in [5, 5.41) is 0. The van der Waals surface area contributed by atoms with Crippen LogP contribution in [-0.4, -0.2) is 13.1 Å². The normalized spacial score (nSPS) is 11.8. The third-order valence-electron chi connectivity index (χ3n) is 1.92. The van der Waals surface area contributed by atoms with Crippen molar-refractivity contribution in [3.05, 3.63) is 0 Å². The van der Waals surface area contributed by atoms with E-state index in [1.165, 1.54) is 12.9 Å². The number of carbonyl (C=O) groups excluding carboxylic acids is 1. The lowest BCUT2D eigenvalue weighted by atomic mass is 9.86. The summed E-state index contributed by atoms with van der Waals surface area (Å²) in [5.74, 6) is 0.712. The Bertz CT molecular complexity index is 128. The van der Waals surface area contributed by atoms with Gasteiger partial charge in [0.25, 0.3) is 0 Å². The quantitative estimate of drug-likeness (QED) is 0.614. The Balaban J connectivity index is 3.62. The maximum absolute atomic E-state index is 9.84. The molecule has 2 heteroatoms. The minimum atomic E-state index is 0.0989. The molecule has 0 aliphatic heterocycles. The molecule has 0 atom stereocenters. The van der Waals surface area contributed by atoms with E-state index >= 15 is 0 Å². The maximum atomic E-state index is 9.84. The average Bonchev–Trinajstić information content (AvgIpc) is 1.98. The summed E-state index contributed by atoms with van der Waals surface area (Å²) in [6.07, 6.45) is 2.27. The van der Waals surface area contributed by atoms with Crippen molar-refractivity contribution in [2.75, 3.05) is 6.61 Å². The molecule has 0 aromatic heterocycles. The Kier molecular flexibility index (Phi) is 4.95. The van der Waals surface area contributed by atoms with Gasteiger partial charge >= 0.3 is 6.47 Å². The molecule has 0 fully saturated rings. The predicted octanol–water partition coefficient (Wildman–Crippen LogP) is 2.53. The fourth-order valence-electron chi connectivity index (χ4n) is 0.976. The van der Waals surface area contributed by atoms with E-state index < -0.39 is 0 Å². The fraction of sp³-hybridized carbons (Fsp3) is 0.900. The highest BCUT2D eigenvalue weighted by molar-refractivity contribution is 5.38. The number of hydrogen-bond donors (Lipinski definition) is 0. The molecule has 0 N–H and O–H groups in total. The molecule has 0 aromatic rings. The first-order valence-electron chi connectivity index (χ1n) is 4.47. The zero-order chi connectivity index (χ0) is 9.61. The predicted molar refractivity (Wildman–Crippen MR) is 49.5 cm³/mol. The van der Waals surface area contributed by atoms with Crippen molar-refractivity contribution >= 4 is 6.47 Å². The van der Waals surface area contributed by atoms with Gasteiger partial charge in [0, 0.05) is 0 Å². The first-order valence-corrected chi connectivity index (χ1v) is 4.47. The summed E-state index contributed by atoms with van der Waals surface area (Å²) >= 11 is 0. The Hall–Kier alpha value is -0.530. The molecular weight excluding hydrogens is 152 g/mol. The van der Waals surface area contributed by atoms with Crippen LogP contribution < -0.4 is 0 Å². The molecule has 0 bridgehead atoms. The van der Waals surface area contributed by atoms with Gasteiger partial charge in [0.15, 0.2) is 0 Å². The van der Waals surface area contributed by atoms with Gasteiger partial charge in [0.05, 0.1) is 6.61 Å². The van der Waals surface area contributed by atoms with Crippen molar-refractivity contribution in [1.82, 2.24) is 0 Å². The van der Waals surface area contributed by atoms with Gasteiger partial charge in [-0.1, -0.05) is 34.1 Å². The highest BCUT2D eigenvalue weighted by atomic mass is 16.5. The molecule has 0 spiro atoms. The summed E-state index contributed by atoms with van der Waals surface area (Å²) in [4.78, 5) is 9.84. The van der Waals surface area contributed by atoms with E-state index in [-0.39, 0.29) is 5.41 Å². The van der Waals surface area contributed by atoms with E-state index in [1.54, 1.807) is 0 Å². The van der Waals surface area contributed by atoms with Gasteiger partial charge in [-0.2, -0.15) is 0 Å². The van der Waals surface area contributed by atoms with Crippen LogP contribution in [0.4, 0.5) is 0 Å². The lowest BCUT2D eigenvalue weighted by Crippen LogP contribution is -2.19. The van der Waals surface area contributed by atoms with Crippen molar-refractivity contribution in [2.24, 2.45) is 11.3 Å². The van der Waals surface area contributed by atoms with Crippen molar-refractivity contribution in [3.63, 3.8) is 0 Å². The third-order valence-corrected chi connectivity index (χ3v) is 1.92. The molecule has 71 valence electrons. The Labute approximate surface area is 75.3 Å². The lowest BCUT2D eigenvalue weighted by molar-refractivity contribution is 0.146. The number of rotatable bonds is 6. The number of ether oxygens (including phenoxy) is 1. The molecule has 0 unspecified atom stereocenters. The van der Waals surface area contributed by atoms with E-state index in [4.69, 9.17) is 0 Å². The standard InChI is InChI=1S/C10H19O2/c1-9(2)5-6-10(3,4)7-12-8-11/h9H,5-7H2,1-4H3. The Morgan fingerprint density at radius 2 is 2.00 bits per heavy atom. The maximum Gasteiger partial charge on any atom is 0.417 e. The van der Waals surface area contributed by atoms with E-state index in [9.17, 15) is 4.79 Å². The zero-order valence-corrected chi connectivity index (χ0v) is 8.52. The Morgan fingerprint density at radius 1 is 1.42 bits per heavy atom. The van der Waals surface area contributed by atoms with Gasteiger partial charge in [-0.05, 0) is 17.8 Å². The first-order chi connectivity index (χ1) is 5.48. The van der Waals surface area contributed by atoms with Gasteiger partial charge in [0.1, 0.15) is 0 Å². The van der Waals surface area contributed by atoms with Crippen LogP contribution in [0.25, 0.3) is 0 Å². The van der Waals surface area contributed by atoms with E-state index in [0.29, 0.717) is 12.5 Å². The number of hydrogen-bond acceptors (Lipinski definition) is 2. The highest BCUT2D eigenvalue weighted by Gasteiger charge is 2.18. The van der Waals surface area contributed by atoms with Crippen molar-refractivity contribution < 1.29 is 9.53 Å². The average molecular weight is 171 g/mol. The van der Waals surface area contributed by atoms with Crippen LogP contribution >= 0.6 is 0 Å². The van der Waals surface area contributed by atoms with Crippen LogP contribution in [0.1, 0.15) is 40.5 Å². The molecule has 0 saturated heterocycles. The topological polar surface area (TPSA) is 26.3 Å². The summed E-state index contributed by atoms with van der Waals surface area (Å²) in [6, 6.07) is 0. The Morgan fingerprint density at radius 3 is 2.42 bits per heavy atom. The van der Waals surface area contributed by atoms with Crippen LogP contribution in [0.15, 0.2) is 0 Å². The molecule has 12 heavy (non-hydrogen) atoms. The molecule has 0 aliphatic carbocycles. The second-order valence-corrected chi connectivity index (χ2v) is 4.47. The molecule has 0 rings (SSSR count). The SMILES string of the molecule is CC(C)CCC(C)(C)CO[C]=O. The van der Waals surface area contributed by atoms with Gasteiger partial charge in [-0.25, -0.2) is 4.79 Å². The molecule has 2 nitrogen and oxygen atoms in total. The van der Waals surface area contributed by atoms with Gasteiger partial charge in [-0.15, -0.1) is 0 Å². The first kappa shape index (κ1) is 11.5. The molecule has 0 saturated carbocycles. The molecule has 0 amide bonds. The van der Waals surface area contributed by atoms with E-state index in [0.717, 1.165) is 6.42 Å². The summed E-state index contributed by atoms with van der Waals surface area (Å²) < 4.78 is 4.63. The van der Waals surface area contributed by atoms with Crippen molar-refractivity contribution in [3.8, 4) is 0 Å². The molecule has 0 aromatic carbocycles. The fourth-order valence-corrected chi connectivity index (χ4v) is 0.976. The van der Waals surface area contributed by atoms with Gasteiger partial charge in [-0.3, -0.25) is 0 Å². The van der Waals surface area contributed by atoms with Crippen LogP contribution in [-0.2, 0) is 9.53 Å². The van der Waals surface area contributed by atoms with Crippen molar-refractivity contribution in [2.45, 2.75) is 40.5 Å². The second-order valence-electron chi connectivity index (χ2n) is 4.47. The van der Waals surface area contributed by atoms with E-state index in [2.05, 4.69) is 32.4 Å². The van der Waals surface area contributed by atoms with Crippen LogP contribution in [0.2, 0.25) is 0 Å². The smallest absolute Gasteiger partial charge is 0.417 e.